The van der Waals surface area contributed by atoms with Crippen molar-refractivity contribution in [3.63, 3.8) is 0 Å². The van der Waals surface area contributed by atoms with Crippen LogP contribution >= 0.6 is 15.9 Å². The molecule has 1 aromatic carbocycles. The van der Waals surface area contributed by atoms with Crippen molar-refractivity contribution in [3.8, 4) is 0 Å². The molecule has 1 aromatic rings. The van der Waals surface area contributed by atoms with E-state index in [-0.39, 0.29) is 5.54 Å². The monoisotopic (exact) mass is 315 g/mol. The van der Waals surface area contributed by atoms with Gasteiger partial charge < -0.3 is 10.3 Å². The Morgan fingerprint density at radius 2 is 2.11 bits per heavy atom. The van der Waals surface area contributed by atoms with E-state index >= 15 is 0 Å². The van der Waals surface area contributed by atoms with Gasteiger partial charge in [0, 0.05) is 22.7 Å². The van der Waals surface area contributed by atoms with E-state index in [0.29, 0.717) is 0 Å². The van der Waals surface area contributed by atoms with Gasteiger partial charge in [-0.3, -0.25) is 0 Å². The van der Waals surface area contributed by atoms with Crippen molar-refractivity contribution in [2.24, 2.45) is 0 Å². The first kappa shape index (κ1) is 15.4. The lowest BCUT2D eigenvalue weighted by molar-refractivity contribution is 0.0522. The Kier molecular flexibility index (Phi) is 6.63. The number of rotatable bonds is 8. The summed E-state index contributed by atoms with van der Waals surface area (Å²) in [5.41, 5.74) is 10.3. The molecule has 4 nitrogen and oxygen atoms in total. The minimum absolute atomic E-state index is 0.0133. The maximum absolute atomic E-state index is 5.10. The zero-order valence-electron chi connectivity index (χ0n) is 11.2. The second-order valence-corrected chi connectivity index (χ2v) is 5.72. The van der Waals surface area contributed by atoms with E-state index in [2.05, 4.69) is 46.1 Å². The van der Waals surface area contributed by atoms with Gasteiger partial charge in [-0.2, -0.15) is 0 Å². The van der Waals surface area contributed by atoms with Crippen molar-refractivity contribution in [3.05, 3.63) is 28.7 Å². The summed E-state index contributed by atoms with van der Waals surface area (Å²) in [5, 5.41) is 0. The van der Waals surface area contributed by atoms with E-state index in [1.54, 1.807) is 7.05 Å². The molecule has 5 heteroatoms. The Morgan fingerprint density at radius 1 is 1.33 bits per heavy atom. The lowest BCUT2D eigenvalue weighted by atomic mass is 10.00. The van der Waals surface area contributed by atoms with E-state index in [9.17, 15) is 0 Å². The third-order valence-electron chi connectivity index (χ3n) is 2.56. The third-order valence-corrected chi connectivity index (χ3v) is 3.06. The molecule has 0 saturated heterocycles. The molecule has 0 spiro atoms. The second-order valence-electron chi connectivity index (χ2n) is 4.80. The largest absolute Gasteiger partial charge is 0.321 e. The van der Waals surface area contributed by atoms with Crippen LogP contribution in [0.2, 0.25) is 0 Å². The normalized spacial score (nSPS) is 11.6. The zero-order chi connectivity index (χ0) is 13.4. The first-order valence-corrected chi connectivity index (χ1v) is 6.90. The molecule has 0 unspecified atom stereocenters. The maximum atomic E-state index is 5.10. The molecule has 18 heavy (non-hydrogen) atoms. The van der Waals surface area contributed by atoms with Crippen LogP contribution in [-0.2, 0) is 4.84 Å². The second kappa shape index (κ2) is 7.74. The number of hydrogen-bond donors (Lipinski definition) is 3. The van der Waals surface area contributed by atoms with E-state index < -0.39 is 0 Å². The molecular weight excluding hydrogens is 294 g/mol. The molecule has 102 valence electrons. The van der Waals surface area contributed by atoms with E-state index in [1.165, 1.54) is 0 Å². The minimum Gasteiger partial charge on any atom is -0.321 e. The fourth-order valence-electron chi connectivity index (χ4n) is 1.56. The molecule has 1 rings (SSSR count). The predicted octanol–water partition coefficient (Wildman–Crippen LogP) is 3.08. The quantitative estimate of drug-likeness (QED) is 0.509. The molecule has 0 aliphatic carbocycles. The summed E-state index contributed by atoms with van der Waals surface area (Å²) < 4.78 is 1.06. The van der Waals surface area contributed by atoms with Gasteiger partial charge in [-0.15, -0.1) is 0 Å². The molecule has 0 fully saturated rings. The van der Waals surface area contributed by atoms with Crippen molar-refractivity contribution >= 4 is 21.6 Å². The number of hydrogen-bond acceptors (Lipinski definition) is 4. The van der Waals surface area contributed by atoms with E-state index in [1.807, 2.05) is 24.3 Å². The average Bonchev–Trinajstić information content (AvgIpc) is 2.33. The van der Waals surface area contributed by atoms with Gasteiger partial charge in [-0.05, 0) is 44.9 Å². The van der Waals surface area contributed by atoms with E-state index in [4.69, 9.17) is 4.84 Å². The van der Waals surface area contributed by atoms with Crippen LogP contribution in [-0.4, -0.2) is 19.2 Å². The highest BCUT2D eigenvalue weighted by Gasteiger charge is 2.16. The average molecular weight is 316 g/mol. The predicted molar refractivity (Wildman–Crippen MR) is 79.2 cm³/mol. The standard InChI is InChI=1S/C13H22BrN3O/c1-13(2,8-5-9-18-15-3)17-16-12-7-4-6-11(14)10-12/h4,6-7,10,15-17H,5,8-9H2,1-3H3. The topological polar surface area (TPSA) is 45.3 Å². The molecular formula is C13H22BrN3O. The SMILES string of the molecule is CNOCCCC(C)(C)NNc1cccc(Br)c1. The molecule has 0 saturated carbocycles. The molecule has 0 radical (unpaired) electrons. The van der Waals surface area contributed by atoms with Crippen LogP contribution in [0.4, 0.5) is 5.69 Å². The summed E-state index contributed by atoms with van der Waals surface area (Å²) in [6, 6.07) is 8.07. The summed E-state index contributed by atoms with van der Waals surface area (Å²) in [6.07, 6.45) is 2.02. The van der Waals surface area contributed by atoms with Crippen LogP contribution in [0.15, 0.2) is 28.7 Å². The summed E-state index contributed by atoms with van der Waals surface area (Å²) in [6.45, 7) is 5.05. The minimum atomic E-state index is 0.0133. The van der Waals surface area contributed by atoms with Crippen LogP contribution in [0.25, 0.3) is 0 Å². The van der Waals surface area contributed by atoms with Gasteiger partial charge in [0.2, 0.25) is 0 Å². The van der Waals surface area contributed by atoms with Crippen LogP contribution in [0.5, 0.6) is 0 Å². The molecule has 0 amide bonds. The number of halogens is 1. The number of benzene rings is 1. The fraction of sp³-hybridized carbons (Fsp3) is 0.538. The summed E-state index contributed by atoms with van der Waals surface area (Å²) in [4.78, 5) is 5.10. The Bertz CT molecular complexity index is 358. The zero-order valence-corrected chi connectivity index (χ0v) is 12.8. The van der Waals surface area contributed by atoms with Gasteiger partial charge in [0.1, 0.15) is 0 Å². The Hall–Kier alpha value is -0.620. The van der Waals surface area contributed by atoms with Crippen molar-refractivity contribution in [2.45, 2.75) is 32.2 Å². The van der Waals surface area contributed by atoms with Crippen LogP contribution in [0.1, 0.15) is 26.7 Å². The summed E-state index contributed by atoms with van der Waals surface area (Å²) >= 11 is 3.45. The molecule has 0 bridgehead atoms. The van der Waals surface area contributed by atoms with Gasteiger partial charge in [0.25, 0.3) is 0 Å². The number of hydroxylamine groups is 1. The number of anilines is 1. The first-order valence-electron chi connectivity index (χ1n) is 6.11. The van der Waals surface area contributed by atoms with Crippen molar-refractivity contribution < 1.29 is 4.84 Å². The van der Waals surface area contributed by atoms with Gasteiger partial charge in [-0.25, -0.2) is 10.9 Å². The van der Waals surface area contributed by atoms with Crippen molar-refractivity contribution in [2.75, 3.05) is 19.1 Å². The molecule has 0 aliphatic heterocycles. The molecule has 3 N–H and O–H groups in total. The molecule has 0 aliphatic rings. The van der Waals surface area contributed by atoms with E-state index in [0.717, 1.165) is 29.6 Å². The number of nitrogens with one attached hydrogen (secondary N) is 3. The molecule has 0 atom stereocenters. The van der Waals surface area contributed by atoms with Crippen LogP contribution in [0, 0.1) is 0 Å². The van der Waals surface area contributed by atoms with Gasteiger partial charge in [0.05, 0.1) is 6.61 Å². The van der Waals surface area contributed by atoms with Gasteiger partial charge in [-0.1, -0.05) is 22.0 Å². The highest BCUT2D eigenvalue weighted by molar-refractivity contribution is 9.10. The number of hydrazine groups is 1. The lowest BCUT2D eigenvalue weighted by Crippen LogP contribution is -2.43. The highest BCUT2D eigenvalue weighted by Crippen LogP contribution is 2.16. The van der Waals surface area contributed by atoms with Gasteiger partial charge in [0.15, 0.2) is 0 Å². The lowest BCUT2D eigenvalue weighted by Gasteiger charge is -2.27. The maximum Gasteiger partial charge on any atom is 0.0682 e. The summed E-state index contributed by atoms with van der Waals surface area (Å²) in [5.74, 6) is 0. The van der Waals surface area contributed by atoms with Gasteiger partial charge >= 0.3 is 0 Å². The Balaban J connectivity index is 2.32. The van der Waals surface area contributed by atoms with Crippen molar-refractivity contribution in [1.82, 2.24) is 10.9 Å². The molecule has 0 heterocycles. The van der Waals surface area contributed by atoms with Crippen molar-refractivity contribution in [1.29, 1.82) is 0 Å². The third kappa shape index (κ3) is 6.35. The Morgan fingerprint density at radius 3 is 2.78 bits per heavy atom. The highest BCUT2D eigenvalue weighted by atomic mass is 79.9. The molecule has 0 aromatic heterocycles. The fourth-order valence-corrected chi connectivity index (χ4v) is 1.96. The smallest absolute Gasteiger partial charge is 0.0682 e. The Labute approximate surface area is 118 Å². The van der Waals surface area contributed by atoms with Crippen LogP contribution < -0.4 is 16.3 Å². The van der Waals surface area contributed by atoms with Crippen LogP contribution in [0.3, 0.4) is 0 Å². The first-order chi connectivity index (χ1) is 8.53. The summed E-state index contributed by atoms with van der Waals surface area (Å²) in [7, 11) is 1.78.